The first-order valence-electron chi connectivity index (χ1n) is 32.7. The predicted octanol–water partition coefficient (Wildman–Crippen LogP) is -2.22. The first kappa shape index (κ1) is 88.3. The summed E-state index contributed by atoms with van der Waals surface area (Å²) in [6.07, 6.45) is -53.2. The normalized spacial score (nSPS) is 32.3. The van der Waals surface area contributed by atoms with E-state index < -0.39 is 288 Å². The molecule has 0 N–H and O–H groups in total. The van der Waals surface area contributed by atoms with Crippen molar-refractivity contribution in [1.29, 1.82) is 0 Å². The number of esters is 17. The molecule has 25 atom stereocenters. The number of carbonyl (C=O) groups excluding carboxylic acids is 17. The summed E-state index contributed by atoms with van der Waals surface area (Å²) in [5, 5.41) is 0. The molecule has 5 aliphatic heterocycles. The molecule has 0 unspecified atom stereocenters. The number of rotatable bonds is 30. The van der Waals surface area contributed by atoms with Crippen LogP contribution in [0.25, 0.3) is 0 Å². The van der Waals surface area contributed by atoms with Crippen LogP contribution in [0, 0.1) is 0 Å². The molecule has 43 nitrogen and oxygen atoms in total. The Labute approximate surface area is 608 Å². The second-order valence-electron chi connectivity index (χ2n) is 24.1. The van der Waals surface area contributed by atoms with E-state index in [1.54, 1.807) is 0 Å². The molecule has 0 saturated carbocycles. The van der Waals surface area contributed by atoms with Gasteiger partial charge in [-0.1, -0.05) is 0 Å². The Morgan fingerprint density at radius 2 is 0.318 bits per heavy atom. The molecule has 0 aliphatic carbocycles. The Morgan fingerprint density at radius 3 is 0.514 bits per heavy atom. The van der Waals surface area contributed by atoms with Crippen LogP contribution in [0.15, 0.2) is 0 Å². The molecule has 107 heavy (non-hydrogen) atoms. The van der Waals surface area contributed by atoms with Crippen molar-refractivity contribution in [3.63, 3.8) is 0 Å². The summed E-state index contributed by atoms with van der Waals surface area (Å²) in [4.78, 5) is 222. The smallest absolute Gasteiger partial charge is 0.305 e. The Hall–Kier alpha value is -9.37. The van der Waals surface area contributed by atoms with Gasteiger partial charge in [0.15, 0.2) is 98.4 Å². The summed E-state index contributed by atoms with van der Waals surface area (Å²) in [6, 6.07) is 0. The van der Waals surface area contributed by atoms with Crippen molar-refractivity contribution in [3.8, 4) is 0 Å². The third-order valence-corrected chi connectivity index (χ3v) is 15.0. The molecule has 0 spiro atoms. The highest BCUT2D eigenvalue weighted by molar-refractivity contribution is 5.72. The van der Waals surface area contributed by atoms with Crippen molar-refractivity contribution in [1.82, 2.24) is 0 Å². The molecule has 600 valence electrons. The Kier molecular flexibility index (Phi) is 33.4. The monoisotopic (exact) mass is 1540 g/mol. The summed E-state index contributed by atoms with van der Waals surface area (Å²) in [6.45, 7) is 10.6. The van der Waals surface area contributed by atoms with E-state index in [4.69, 9.17) is 123 Å². The molecule has 0 amide bonds. The number of hydrogen-bond acceptors (Lipinski definition) is 43. The van der Waals surface area contributed by atoms with Crippen LogP contribution in [0.5, 0.6) is 0 Å². The molecule has 0 bridgehead atoms. The standard InChI is InChI=1S/C64H86O43/c1-23(65)82-18-40-46(88-29(7)71)51(93-34(12)76)59(60(99-40)98-39(17)81)107-64-58(97-38(16)80)54(49(91-32(10)74)44(103-64)22-86-27(5)69)106-63-57(96-37(15)79)53(48(90-31(9)73)43(102-63)21-85-26(4)68)105-62-56(95-36(14)78)52(47(89-30(8)72)42(101-62)20-84-25(3)67)104-61-55(94-35(13)77)50(92-33(11)75)45(87-28(6)70)41(100-61)19-83-24(2)66/h40-64H,18-22H2,1-17H3/t40-,41-,42-,43-,44-,45-,46-,47-,48-,49-,50+,51+,52+,53+,54+,55+,56+,57+,58+,59+,60+,61-,62-,63-,64-/m1/s1. The Balaban J connectivity index is 1.86. The van der Waals surface area contributed by atoms with Crippen LogP contribution >= 0.6 is 0 Å². The predicted molar refractivity (Wildman–Crippen MR) is 329 cm³/mol. The highest BCUT2D eigenvalue weighted by atomic mass is 16.8. The SMILES string of the molecule is CC(=O)OC[C@H]1O[C@H](O[C@@H]2[C@H](OC(C)=O)[C@@H](O[C@@H]3[C@H](OC(C)=O)[C@@H](O[C@@H]4[C@H](OC(C)=O)[C@@H](O[C@@H]5[C@@H](OC(C)=O)O[C@H](COC(C)=O)[C@@H](OC(C)=O)[C@@H]5OC(C)=O)O[C@H](COC(C)=O)[C@H]4OC(C)=O)O[C@H](COC(C)=O)[C@H]3OC(C)=O)O[C@H](COC(C)=O)[C@H]2OC(C)=O)[C@@H](OC(C)=O)[C@@H](OC(C)=O)[C@@H]1OC(C)=O. The summed E-state index contributed by atoms with van der Waals surface area (Å²) >= 11 is 0. The molecule has 5 rings (SSSR count). The van der Waals surface area contributed by atoms with E-state index in [1.807, 2.05) is 0 Å². The zero-order chi connectivity index (χ0) is 80.2. The van der Waals surface area contributed by atoms with Crippen molar-refractivity contribution < 1.29 is 205 Å². The molecule has 0 aromatic carbocycles. The van der Waals surface area contributed by atoms with Crippen molar-refractivity contribution in [2.75, 3.05) is 33.0 Å². The molecule has 0 aromatic heterocycles. The Bertz CT molecular complexity index is 3240. The summed E-state index contributed by atoms with van der Waals surface area (Å²) in [5.74, 6) is -19.0. The highest BCUT2D eigenvalue weighted by Gasteiger charge is 2.63. The maximum atomic E-state index is 13.8. The fraction of sp³-hybridized carbons (Fsp3) is 0.734. The minimum atomic E-state index is -2.48. The van der Waals surface area contributed by atoms with E-state index in [1.165, 1.54) is 0 Å². The second kappa shape index (κ2) is 40.5. The molecular formula is C64H86O43. The zero-order valence-electron chi connectivity index (χ0n) is 61.0. The lowest BCUT2D eigenvalue weighted by atomic mass is 9.94. The van der Waals surface area contributed by atoms with E-state index >= 15 is 0 Å². The average Bonchev–Trinajstić information content (AvgIpc) is 0.759. The van der Waals surface area contributed by atoms with Crippen LogP contribution in [0.4, 0.5) is 0 Å². The molecule has 0 aromatic rings. The number of carbonyl (C=O) groups is 17. The van der Waals surface area contributed by atoms with Crippen LogP contribution in [0.3, 0.4) is 0 Å². The van der Waals surface area contributed by atoms with E-state index in [9.17, 15) is 81.5 Å². The van der Waals surface area contributed by atoms with E-state index in [0.717, 1.165) is 118 Å². The van der Waals surface area contributed by atoms with Crippen LogP contribution < -0.4 is 0 Å². The van der Waals surface area contributed by atoms with Gasteiger partial charge in [-0.15, -0.1) is 0 Å². The van der Waals surface area contributed by atoms with Crippen LogP contribution in [0.1, 0.15) is 118 Å². The molecule has 5 aliphatic rings. The summed E-state index contributed by atoms with van der Waals surface area (Å²) in [7, 11) is 0. The van der Waals surface area contributed by atoms with Gasteiger partial charge in [-0.3, -0.25) is 81.5 Å². The van der Waals surface area contributed by atoms with Gasteiger partial charge in [0.1, 0.15) is 81.9 Å². The molecule has 43 heteroatoms. The zero-order valence-corrected chi connectivity index (χ0v) is 61.0. The largest absolute Gasteiger partial charge is 0.463 e. The molecular weight excluding hydrogens is 1460 g/mol. The van der Waals surface area contributed by atoms with E-state index in [2.05, 4.69) is 0 Å². The fourth-order valence-electron chi connectivity index (χ4n) is 11.6. The van der Waals surface area contributed by atoms with Gasteiger partial charge in [0.05, 0.1) is 0 Å². The number of ether oxygens (including phenoxy) is 26. The Morgan fingerprint density at radius 1 is 0.168 bits per heavy atom. The van der Waals surface area contributed by atoms with Gasteiger partial charge < -0.3 is 123 Å². The van der Waals surface area contributed by atoms with Crippen LogP contribution in [-0.4, -0.2) is 288 Å². The molecule has 5 fully saturated rings. The lowest BCUT2D eigenvalue weighted by Gasteiger charge is -2.51. The minimum absolute atomic E-state index is 0.772. The van der Waals surface area contributed by atoms with Gasteiger partial charge >= 0.3 is 101 Å². The van der Waals surface area contributed by atoms with Crippen LogP contribution in [0.2, 0.25) is 0 Å². The first-order chi connectivity index (χ1) is 50.0. The van der Waals surface area contributed by atoms with Gasteiger partial charge in [-0.2, -0.15) is 0 Å². The van der Waals surface area contributed by atoms with Crippen molar-refractivity contribution in [2.24, 2.45) is 0 Å². The summed E-state index contributed by atoms with van der Waals surface area (Å²) in [5.41, 5.74) is 0. The summed E-state index contributed by atoms with van der Waals surface area (Å²) < 4.78 is 153. The average molecular weight is 1540 g/mol. The first-order valence-corrected chi connectivity index (χ1v) is 32.7. The van der Waals surface area contributed by atoms with E-state index in [-0.39, 0.29) is 0 Å². The van der Waals surface area contributed by atoms with E-state index in [0.29, 0.717) is 0 Å². The lowest BCUT2D eigenvalue weighted by Crippen LogP contribution is -2.70. The van der Waals surface area contributed by atoms with Crippen molar-refractivity contribution in [2.45, 2.75) is 271 Å². The maximum absolute atomic E-state index is 13.8. The topological polar surface area (TPSA) is 530 Å². The number of hydrogen-bond donors (Lipinski definition) is 0. The third kappa shape index (κ3) is 26.8. The van der Waals surface area contributed by atoms with Gasteiger partial charge in [0.2, 0.25) is 6.29 Å². The second-order valence-corrected chi connectivity index (χ2v) is 24.1. The van der Waals surface area contributed by atoms with Gasteiger partial charge in [-0.05, 0) is 0 Å². The van der Waals surface area contributed by atoms with Crippen LogP contribution in [-0.2, 0) is 205 Å². The highest BCUT2D eigenvalue weighted by Crippen LogP contribution is 2.42. The lowest BCUT2D eigenvalue weighted by molar-refractivity contribution is -0.396. The fourth-order valence-corrected chi connectivity index (χ4v) is 11.6. The van der Waals surface area contributed by atoms with Crippen molar-refractivity contribution >= 4 is 101 Å². The third-order valence-electron chi connectivity index (χ3n) is 15.0. The molecule has 5 heterocycles. The quantitative estimate of drug-likeness (QED) is 0.0543. The minimum Gasteiger partial charge on any atom is -0.463 e. The molecule has 5 saturated heterocycles. The molecule has 0 radical (unpaired) electrons. The van der Waals surface area contributed by atoms with Gasteiger partial charge in [0.25, 0.3) is 0 Å². The maximum Gasteiger partial charge on any atom is 0.305 e. The van der Waals surface area contributed by atoms with Gasteiger partial charge in [0, 0.05) is 118 Å². The van der Waals surface area contributed by atoms with Crippen molar-refractivity contribution in [3.05, 3.63) is 0 Å². The van der Waals surface area contributed by atoms with Gasteiger partial charge in [-0.25, -0.2) is 0 Å².